The van der Waals surface area contributed by atoms with E-state index in [2.05, 4.69) is 37.2 Å². The van der Waals surface area contributed by atoms with Crippen LogP contribution in [0.1, 0.15) is 177 Å². The second-order valence-corrected chi connectivity index (χ2v) is 38.8. The lowest BCUT2D eigenvalue weighted by Gasteiger charge is -2.42. The molecule has 7 fully saturated rings. The van der Waals surface area contributed by atoms with E-state index in [-0.39, 0.29) is 123 Å². The molecule has 6 saturated heterocycles. The highest BCUT2D eigenvalue weighted by Crippen LogP contribution is 2.46. The van der Waals surface area contributed by atoms with E-state index in [1.807, 2.05) is 62.3 Å². The Labute approximate surface area is 779 Å². The third kappa shape index (κ3) is 22.0. The molecule has 36 heteroatoms. The zero-order valence-electron chi connectivity index (χ0n) is 73.9. The monoisotopic (exact) mass is 1910 g/mol. The van der Waals surface area contributed by atoms with Crippen molar-refractivity contribution in [2.45, 2.75) is 219 Å². The Balaban J connectivity index is 0.000000154. The Morgan fingerprint density at radius 3 is 1.27 bits per heavy atom. The van der Waals surface area contributed by atoms with Gasteiger partial charge in [-0.05, 0) is 198 Å². The predicted octanol–water partition coefficient (Wildman–Crippen LogP) is 16.4. The molecule has 1 unspecified atom stereocenters. The molecule has 1 saturated carbocycles. The van der Waals surface area contributed by atoms with E-state index in [0.29, 0.717) is 120 Å². The number of nitrogens with zero attached hydrogens (tertiary/aromatic N) is 12. The fraction of sp³-hybridized carbons (Fsp3) is 0.560. The van der Waals surface area contributed by atoms with E-state index >= 15 is 0 Å². The molecule has 0 bridgehead atoms. The van der Waals surface area contributed by atoms with Gasteiger partial charge in [0, 0.05) is 107 Å². The van der Waals surface area contributed by atoms with E-state index in [1.165, 1.54) is 41.7 Å². The maximum Gasteiger partial charge on any atom is 0.425 e. The fourth-order valence-electron chi connectivity index (χ4n) is 18.7. The van der Waals surface area contributed by atoms with Gasteiger partial charge in [-0.2, -0.15) is 13.2 Å². The SMILES string of the molecule is COCC(O)CNC1CCN(c2nc(C)n(-c3cccc(Cl)c3Cl)c(=O)c2C(F)(F)F)CC1.Cc1nc(N2CCC(C)(NCC3CCC(O)CC3)CC2)cc(=O)n1-c1cccc(Cl)c1Cl.Cc1nc(N2CCC3(CC2)CO[C@H](C)[C@@H]3N)c(C(C)C)c(=O)n1-c1cccc(Cl)c1Cl.Cc1nc(N2CCC3(CC2)CO[C@H](C)[C@@H]3N)c(C(C)C)c(=O)n1-c1cccc(Cl)c1Cl. The van der Waals surface area contributed by atoms with Crippen LogP contribution in [0.15, 0.2) is 98.0 Å². The third-order valence-corrected chi connectivity index (χ3v) is 29.6. The third-order valence-electron chi connectivity index (χ3n) is 26.4. The van der Waals surface area contributed by atoms with Gasteiger partial charge in [-0.3, -0.25) is 37.4 Å². The second-order valence-electron chi connectivity index (χ2n) is 35.7. The summed E-state index contributed by atoms with van der Waals surface area (Å²) in [5.41, 5.74) is 13.2. The summed E-state index contributed by atoms with van der Waals surface area (Å²) in [5.74, 6) is 4.35. The van der Waals surface area contributed by atoms with Crippen LogP contribution in [-0.4, -0.2) is 189 Å². The molecule has 5 atom stereocenters. The Bertz CT molecular complexity index is 5300. The smallest absolute Gasteiger partial charge is 0.393 e. The number of piperidine rings is 4. The first-order valence-corrected chi connectivity index (χ1v) is 46.6. The summed E-state index contributed by atoms with van der Waals surface area (Å²) in [5, 5.41) is 28.8. The van der Waals surface area contributed by atoms with Gasteiger partial charge in [0.25, 0.3) is 22.2 Å². The summed E-state index contributed by atoms with van der Waals surface area (Å²) >= 11 is 49.9. The highest BCUT2D eigenvalue weighted by Gasteiger charge is 2.50. The first-order chi connectivity index (χ1) is 60.1. The van der Waals surface area contributed by atoms with Gasteiger partial charge < -0.3 is 66.1 Å². The van der Waals surface area contributed by atoms with Gasteiger partial charge in [-0.1, -0.05) is 145 Å². The van der Waals surface area contributed by atoms with Gasteiger partial charge in [-0.15, -0.1) is 0 Å². The van der Waals surface area contributed by atoms with Crippen molar-refractivity contribution in [1.29, 1.82) is 0 Å². The molecule has 8 N–H and O–H groups in total. The first-order valence-electron chi connectivity index (χ1n) is 43.6. The van der Waals surface area contributed by atoms with Gasteiger partial charge in [0.15, 0.2) is 5.56 Å². The number of aromatic nitrogens is 8. The van der Waals surface area contributed by atoms with Crippen molar-refractivity contribution in [2.75, 3.05) is 112 Å². The lowest BCUT2D eigenvalue weighted by atomic mass is 9.73. The van der Waals surface area contributed by atoms with Crippen molar-refractivity contribution >= 4 is 116 Å². The maximum absolute atomic E-state index is 14.0. The Hall–Kier alpha value is -6.65. The Morgan fingerprint density at radius 1 is 0.528 bits per heavy atom. The summed E-state index contributed by atoms with van der Waals surface area (Å²) in [6.07, 6.45) is 5.31. The zero-order chi connectivity index (χ0) is 92.2. The van der Waals surface area contributed by atoms with E-state index in [0.717, 1.165) is 126 Å². The van der Waals surface area contributed by atoms with Crippen molar-refractivity contribution in [1.82, 2.24) is 48.8 Å². The number of anilines is 4. The highest BCUT2D eigenvalue weighted by atomic mass is 35.5. The molecule has 25 nitrogen and oxygen atoms in total. The van der Waals surface area contributed by atoms with Gasteiger partial charge in [-0.25, -0.2) is 19.9 Å². The van der Waals surface area contributed by atoms with Crippen LogP contribution in [-0.2, 0) is 20.4 Å². The molecule has 2 spiro atoms. The lowest BCUT2D eigenvalue weighted by molar-refractivity contribution is -0.138. The molecule has 8 aromatic rings. The number of rotatable bonds is 18. The molecule has 692 valence electrons. The van der Waals surface area contributed by atoms with Gasteiger partial charge >= 0.3 is 6.18 Å². The van der Waals surface area contributed by atoms with Crippen molar-refractivity contribution in [2.24, 2.45) is 28.2 Å². The molecule has 127 heavy (non-hydrogen) atoms. The minimum absolute atomic E-state index is 0.00721. The highest BCUT2D eigenvalue weighted by molar-refractivity contribution is 6.44. The molecule has 0 amide bonds. The molecule has 0 radical (unpaired) electrons. The molecule has 4 aromatic carbocycles. The maximum atomic E-state index is 14.0. The molecule has 15 rings (SSSR count). The van der Waals surface area contributed by atoms with Crippen LogP contribution >= 0.6 is 92.8 Å². The van der Waals surface area contributed by atoms with Crippen LogP contribution in [0.4, 0.5) is 36.4 Å². The topological polar surface area (TPSA) is 297 Å². The van der Waals surface area contributed by atoms with E-state index < -0.39 is 29.2 Å². The van der Waals surface area contributed by atoms with Crippen LogP contribution in [0.25, 0.3) is 22.7 Å². The van der Waals surface area contributed by atoms with Gasteiger partial charge in [0.2, 0.25) is 0 Å². The number of hydrogen-bond acceptors (Lipinski definition) is 21. The number of methoxy groups -OCH3 is 1. The fourth-order valence-corrected chi connectivity index (χ4v) is 20.2. The largest absolute Gasteiger partial charge is 0.425 e. The average molecular weight is 1920 g/mol. The number of nitrogens with two attached hydrogens (primary N) is 2. The summed E-state index contributed by atoms with van der Waals surface area (Å²) in [4.78, 5) is 80.2. The summed E-state index contributed by atoms with van der Waals surface area (Å²) in [7, 11) is 1.49. The summed E-state index contributed by atoms with van der Waals surface area (Å²) in [6, 6.07) is 21.9. The molecule has 1 aliphatic carbocycles. The van der Waals surface area contributed by atoms with Crippen molar-refractivity contribution in [3.63, 3.8) is 0 Å². The second kappa shape index (κ2) is 42.1. The number of hydrogen-bond donors (Lipinski definition) is 6. The minimum atomic E-state index is -4.92. The van der Waals surface area contributed by atoms with Crippen LogP contribution in [0, 0.1) is 44.4 Å². The average Bonchev–Trinajstić information content (AvgIpc) is 1.52. The molecular weight excluding hydrogens is 1800 g/mol. The number of aryl methyl sites for hydroxylation is 4. The Kier molecular flexibility index (Phi) is 32.9. The van der Waals surface area contributed by atoms with Crippen molar-refractivity contribution in [3.05, 3.63) is 200 Å². The van der Waals surface area contributed by atoms with E-state index in [1.54, 1.807) is 69.8 Å². The lowest BCUT2D eigenvalue weighted by Crippen LogP contribution is -2.53. The normalized spacial score (nSPS) is 21.4. The number of alkyl halides is 3. The number of benzene rings is 4. The number of halogens is 11. The summed E-state index contributed by atoms with van der Waals surface area (Å²) in [6.45, 7) is 29.8. The molecule has 4 aromatic heterocycles. The number of aliphatic hydroxyl groups excluding tert-OH is 2. The summed E-state index contributed by atoms with van der Waals surface area (Å²) < 4.78 is 64.2. The van der Waals surface area contributed by atoms with E-state index in [4.69, 9.17) is 133 Å². The standard InChI is InChI=1S/C24H32Cl2N4O2.2C23H30Cl2N4O2.C21H25Cl2F3N4O3/c1-16-28-21(14-22(32)30(16)20-5-3-4-19(25)23(20)26)29-12-10-24(2,11-13-29)27-15-17-6-8-18(31)9-7-17;2*1-13(2)18-21(28-10-8-23(9-11-28)12-31-14(3)20(23)26)27-15(4)29(22(18)30)17-7-5-6-16(24)19(17)25;1-12-28-19(29-8-6-13(7-9-29)27-10-14(31)11-33-2)17(21(24,25)26)20(32)30(12)16-5-3-4-15(22)18(16)23/h3-5,14,17-18,27,31H,6-13,15H2,1-2H3;2*5-7,13-14,20H,8-12,26H2,1-4H3;3-5,13-14,27,31H,6-11H2,1-2H3/t;2*14-,20+;/m.11./s1. The van der Waals surface area contributed by atoms with Crippen molar-refractivity contribution in [3.8, 4) is 22.7 Å². The number of nitrogens with one attached hydrogen (secondary N) is 2. The quantitative estimate of drug-likeness (QED) is 0.0465. The molecule has 6 aliphatic heterocycles. The molecule has 10 heterocycles. The van der Waals surface area contributed by atoms with Crippen LogP contribution in [0.2, 0.25) is 40.2 Å². The zero-order valence-corrected chi connectivity index (χ0v) is 79.9. The van der Waals surface area contributed by atoms with Crippen LogP contribution in [0.5, 0.6) is 0 Å². The van der Waals surface area contributed by atoms with Crippen molar-refractivity contribution < 1.29 is 37.6 Å². The van der Waals surface area contributed by atoms with Gasteiger partial charge in [0.05, 0.1) is 118 Å². The number of aliphatic hydroxyl groups is 2. The molecule has 7 aliphatic rings. The van der Waals surface area contributed by atoms with Crippen LogP contribution < -0.4 is 63.9 Å². The van der Waals surface area contributed by atoms with Gasteiger partial charge in [0.1, 0.15) is 46.6 Å². The van der Waals surface area contributed by atoms with Crippen LogP contribution in [0.3, 0.4) is 0 Å². The minimum Gasteiger partial charge on any atom is -0.393 e. The predicted molar refractivity (Wildman–Crippen MR) is 503 cm³/mol. The first kappa shape index (κ1) is 99.4. The number of ether oxygens (including phenoxy) is 3. The van der Waals surface area contributed by atoms with E-state index in [9.17, 15) is 42.6 Å². The Morgan fingerprint density at radius 2 is 0.898 bits per heavy atom. The molecular formula is C91H117Cl8F3N16O9.